The molecule has 0 aliphatic rings. The first kappa shape index (κ1) is 13.4. The largest absolute Gasteiger partial charge is 0.392 e. The second-order valence-electron chi connectivity index (χ2n) is 3.23. The Hall–Kier alpha value is -0.690. The van der Waals surface area contributed by atoms with Crippen molar-refractivity contribution in [2.75, 3.05) is 6.54 Å². The highest BCUT2D eigenvalue weighted by molar-refractivity contribution is 7.89. The monoisotopic (exact) mass is 264 g/mol. The van der Waals surface area contributed by atoms with Crippen molar-refractivity contribution in [3.05, 3.63) is 23.5 Å². The fraction of sp³-hybridized carbons (Fsp3) is 0.444. The molecule has 0 aliphatic heterocycles. The Morgan fingerprint density at radius 2 is 2.25 bits per heavy atom. The number of hydrogen-bond acceptors (Lipinski definition) is 4. The predicted molar refractivity (Wildman–Crippen MR) is 60.7 cm³/mol. The second-order valence-corrected chi connectivity index (χ2v) is 5.38. The van der Waals surface area contributed by atoms with Crippen LogP contribution in [0.5, 0.6) is 0 Å². The molecular weight excluding hydrogens is 252 g/mol. The molecule has 0 saturated heterocycles. The van der Waals surface area contributed by atoms with Crippen molar-refractivity contribution in [1.29, 1.82) is 0 Å². The molecule has 0 aromatic carbocycles. The van der Waals surface area contributed by atoms with Gasteiger partial charge in [0.2, 0.25) is 10.0 Å². The first-order valence-electron chi connectivity index (χ1n) is 4.75. The van der Waals surface area contributed by atoms with Gasteiger partial charge in [-0.1, -0.05) is 18.5 Å². The minimum absolute atomic E-state index is 0.0124. The minimum Gasteiger partial charge on any atom is -0.392 e. The van der Waals surface area contributed by atoms with Crippen LogP contribution in [0.15, 0.2) is 23.2 Å². The summed E-state index contributed by atoms with van der Waals surface area (Å²) in [5.41, 5.74) is 0. The van der Waals surface area contributed by atoms with Gasteiger partial charge in [0.15, 0.2) is 0 Å². The molecule has 0 radical (unpaired) electrons. The van der Waals surface area contributed by atoms with E-state index in [-0.39, 0.29) is 16.6 Å². The Balaban J connectivity index is 2.74. The zero-order chi connectivity index (χ0) is 12.2. The van der Waals surface area contributed by atoms with Gasteiger partial charge >= 0.3 is 0 Å². The van der Waals surface area contributed by atoms with Crippen molar-refractivity contribution in [2.45, 2.75) is 24.3 Å². The van der Waals surface area contributed by atoms with E-state index in [1.54, 1.807) is 6.92 Å². The molecule has 0 spiro atoms. The van der Waals surface area contributed by atoms with E-state index in [1.165, 1.54) is 18.3 Å². The Bertz CT molecular complexity index is 433. The highest BCUT2D eigenvalue weighted by Gasteiger charge is 2.15. The summed E-state index contributed by atoms with van der Waals surface area (Å²) in [6.45, 7) is 1.75. The van der Waals surface area contributed by atoms with Crippen molar-refractivity contribution >= 4 is 21.6 Å². The van der Waals surface area contributed by atoms with Crippen molar-refractivity contribution in [1.82, 2.24) is 9.71 Å². The van der Waals surface area contributed by atoms with Crippen LogP contribution in [0.1, 0.15) is 13.3 Å². The van der Waals surface area contributed by atoms with Crippen LogP contribution in [0.4, 0.5) is 0 Å². The molecule has 90 valence electrons. The Morgan fingerprint density at radius 3 is 2.75 bits per heavy atom. The number of aliphatic hydroxyl groups excluding tert-OH is 1. The maximum Gasteiger partial charge on any atom is 0.242 e. The van der Waals surface area contributed by atoms with E-state index < -0.39 is 16.1 Å². The van der Waals surface area contributed by atoms with E-state index in [4.69, 9.17) is 11.6 Å². The summed E-state index contributed by atoms with van der Waals surface area (Å²) in [7, 11) is -3.61. The third kappa shape index (κ3) is 3.71. The van der Waals surface area contributed by atoms with E-state index in [9.17, 15) is 13.5 Å². The average Bonchev–Trinajstić information content (AvgIpc) is 2.26. The van der Waals surface area contributed by atoms with Crippen LogP contribution in [0.3, 0.4) is 0 Å². The number of halogens is 1. The van der Waals surface area contributed by atoms with Crippen LogP contribution in [0.2, 0.25) is 5.15 Å². The molecule has 1 unspecified atom stereocenters. The fourth-order valence-electron chi connectivity index (χ4n) is 0.955. The van der Waals surface area contributed by atoms with Crippen LogP contribution in [-0.4, -0.2) is 31.2 Å². The van der Waals surface area contributed by atoms with E-state index in [0.29, 0.717) is 6.42 Å². The molecule has 1 rings (SSSR count). The van der Waals surface area contributed by atoms with Gasteiger partial charge in [0.1, 0.15) is 10.0 Å². The van der Waals surface area contributed by atoms with Gasteiger partial charge in [-0.2, -0.15) is 0 Å². The van der Waals surface area contributed by atoms with Gasteiger partial charge in [-0.15, -0.1) is 0 Å². The smallest absolute Gasteiger partial charge is 0.242 e. The molecule has 0 aliphatic carbocycles. The normalized spacial score (nSPS) is 13.7. The van der Waals surface area contributed by atoms with E-state index >= 15 is 0 Å². The molecule has 2 N–H and O–H groups in total. The number of hydrogen-bond donors (Lipinski definition) is 2. The van der Waals surface area contributed by atoms with Gasteiger partial charge in [0.25, 0.3) is 0 Å². The van der Waals surface area contributed by atoms with Gasteiger partial charge in [-0.05, 0) is 18.6 Å². The maximum atomic E-state index is 11.7. The first-order valence-corrected chi connectivity index (χ1v) is 6.61. The Morgan fingerprint density at radius 1 is 1.56 bits per heavy atom. The van der Waals surface area contributed by atoms with E-state index in [1.807, 2.05) is 0 Å². The molecule has 5 nitrogen and oxygen atoms in total. The van der Waals surface area contributed by atoms with Gasteiger partial charge in [-0.3, -0.25) is 0 Å². The van der Waals surface area contributed by atoms with E-state index in [0.717, 1.165) is 0 Å². The summed E-state index contributed by atoms with van der Waals surface area (Å²) in [6, 6.07) is 2.75. The Labute approximate surface area is 99.5 Å². The zero-order valence-electron chi connectivity index (χ0n) is 8.72. The number of nitrogens with zero attached hydrogens (tertiary/aromatic N) is 1. The predicted octanol–water partition coefficient (Wildman–Crippen LogP) is 0.784. The van der Waals surface area contributed by atoms with Gasteiger partial charge < -0.3 is 5.11 Å². The molecular formula is C9H13ClN2O3S. The zero-order valence-corrected chi connectivity index (χ0v) is 10.3. The summed E-state index contributed by atoms with van der Waals surface area (Å²) in [5, 5.41) is 9.48. The number of aliphatic hydroxyl groups is 1. The summed E-state index contributed by atoms with van der Waals surface area (Å²) >= 11 is 5.55. The fourth-order valence-corrected chi connectivity index (χ4v) is 2.08. The number of rotatable bonds is 5. The van der Waals surface area contributed by atoms with Crippen molar-refractivity contribution in [3.8, 4) is 0 Å². The van der Waals surface area contributed by atoms with E-state index in [2.05, 4.69) is 9.71 Å². The minimum atomic E-state index is -3.61. The van der Waals surface area contributed by atoms with Crippen LogP contribution in [0.25, 0.3) is 0 Å². The maximum absolute atomic E-state index is 11.7. The molecule has 1 aromatic heterocycles. The second kappa shape index (κ2) is 5.58. The average molecular weight is 265 g/mol. The number of nitrogens with one attached hydrogen (secondary N) is 1. The third-order valence-electron chi connectivity index (χ3n) is 1.99. The lowest BCUT2D eigenvalue weighted by Gasteiger charge is -2.09. The van der Waals surface area contributed by atoms with Crippen molar-refractivity contribution in [2.24, 2.45) is 0 Å². The van der Waals surface area contributed by atoms with Crippen LogP contribution < -0.4 is 4.72 Å². The van der Waals surface area contributed by atoms with Crippen molar-refractivity contribution in [3.63, 3.8) is 0 Å². The molecule has 7 heteroatoms. The number of aromatic nitrogens is 1. The Kier molecular flexibility index (Phi) is 4.67. The number of sulfonamides is 1. The van der Waals surface area contributed by atoms with Gasteiger partial charge in [0, 0.05) is 12.7 Å². The molecule has 1 aromatic rings. The highest BCUT2D eigenvalue weighted by Crippen LogP contribution is 2.10. The molecule has 1 atom stereocenters. The molecule has 1 heterocycles. The van der Waals surface area contributed by atoms with Crippen LogP contribution in [-0.2, 0) is 10.0 Å². The summed E-state index contributed by atoms with van der Waals surface area (Å²) in [6.07, 6.45) is 0.972. The van der Waals surface area contributed by atoms with Crippen LogP contribution in [0, 0.1) is 0 Å². The van der Waals surface area contributed by atoms with Crippen LogP contribution >= 0.6 is 11.6 Å². The SMILES string of the molecule is CCC(O)CNS(=O)(=O)c1ccc(Cl)nc1. The van der Waals surface area contributed by atoms with Gasteiger partial charge in [0.05, 0.1) is 6.10 Å². The topological polar surface area (TPSA) is 79.3 Å². The summed E-state index contributed by atoms with van der Waals surface area (Å²) in [4.78, 5) is 3.70. The highest BCUT2D eigenvalue weighted by atomic mass is 35.5. The first-order chi connectivity index (χ1) is 7.45. The molecule has 0 saturated carbocycles. The van der Waals surface area contributed by atoms with Crippen molar-refractivity contribution < 1.29 is 13.5 Å². The lowest BCUT2D eigenvalue weighted by atomic mass is 10.3. The van der Waals surface area contributed by atoms with Gasteiger partial charge in [-0.25, -0.2) is 18.1 Å². The molecule has 16 heavy (non-hydrogen) atoms. The lowest BCUT2D eigenvalue weighted by Crippen LogP contribution is -2.31. The summed E-state index contributed by atoms with van der Waals surface area (Å²) < 4.78 is 25.6. The molecule has 0 amide bonds. The standard InChI is InChI=1S/C9H13ClN2O3S/c1-2-7(13)5-12-16(14,15)8-3-4-9(10)11-6-8/h3-4,6-7,12-13H,2,5H2,1H3. The molecule has 0 bridgehead atoms. The lowest BCUT2D eigenvalue weighted by molar-refractivity contribution is 0.174. The molecule has 0 fully saturated rings. The number of pyridine rings is 1. The quantitative estimate of drug-likeness (QED) is 0.771. The summed E-state index contributed by atoms with van der Waals surface area (Å²) in [5.74, 6) is 0. The third-order valence-corrected chi connectivity index (χ3v) is 3.62.